The number of benzene rings is 2. The molecule has 2 rings (SSSR count). The summed E-state index contributed by atoms with van der Waals surface area (Å²) < 4.78 is 0. The molecule has 0 aliphatic carbocycles. The van der Waals surface area contributed by atoms with Crippen molar-refractivity contribution < 1.29 is 53.7 Å². The van der Waals surface area contributed by atoms with Crippen LogP contribution in [0.1, 0.15) is 114 Å². The molecular formula is C54H92N18O11. The molecule has 0 radical (unpaired) electrons. The third kappa shape index (κ3) is 29.6. The molecule has 8 atom stereocenters. The van der Waals surface area contributed by atoms with E-state index in [1.165, 1.54) is 48.5 Å². The second kappa shape index (κ2) is 40.4. The van der Waals surface area contributed by atoms with Crippen molar-refractivity contribution in [2.24, 2.45) is 61.6 Å². The Balaban J connectivity index is 2.64. The van der Waals surface area contributed by atoms with E-state index in [-0.39, 0.29) is 114 Å². The van der Waals surface area contributed by atoms with E-state index in [9.17, 15) is 53.7 Å². The molecule has 464 valence electrons. The van der Waals surface area contributed by atoms with Gasteiger partial charge in [-0.1, -0.05) is 30.7 Å². The third-order valence-corrected chi connectivity index (χ3v) is 13.2. The molecule has 83 heavy (non-hydrogen) atoms. The molecule has 0 bridgehead atoms. The van der Waals surface area contributed by atoms with Gasteiger partial charge in [0.15, 0.2) is 11.9 Å². The van der Waals surface area contributed by atoms with Gasteiger partial charge in [0.05, 0.1) is 6.04 Å². The Morgan fingerprint density at radius 1 is 0.373 bits per heavy atom. The maximum Gasteiger partial charge on any atom is 0.326 e. The number of aromatic hydroxyl groups is 2. The van der Waals surface area contributed by atoms with Crippen molar-refractivity contribution in [1.29, 1.82) is 0 Å². The van der Waals surface area contributed by atoms with Crippen LogP contribution in [0.15, 0.2) is 58.5 Å². The summed E-state index contributed by atoms with van der Waals surface area (Å²) in [5.41, 5.74) is 52.0. The van der Waals surface area contributed by atoms with E-state index in [4.69, 9.17) is 51.6 Å². The molecule has 0 heterocycles. The fraction of sp³-hybridized carbons (Fsp3) is 0.593. The first-order chi connectivity index (χ1) is 39.6. The molecule has 0 aliphatic heterocycles. The lowest BCUT2D eigenvalue weighted by Gasteiger charge is -2.28. The zero-order chi connectivity index (χ0) is 61.7. The largest absolute Gasteiger partial charge is 0.508 e. The Morgan fingerprint density at radius 2 is 0.639 bits per heavy atom. The van der Waals surface area contributed by atoms with Gasteiger partial charge in [0.25, 0.3) is 0 Å². The minimum Gasteiger partial charge on any atom is -0.508 e. The number of phenolic OH excluding ortho intramolecular Hbond substituents is 2. The van der Waals surface area contributed by atoms with Crippen molar-refractivity contribution in [2.45, 2.75) is 164 Å². The van der Waals surface area contributed by atoms with Crippen LogP contribution in [0, 0.1) is 0 Å². The lowest BCUT2D eigenvalue weighted by molar-refractivity contribution is -0.142. The van der Waals surface area contributed by atoms with Gasteiger partial charge in [-0.25, -0.2) is 4.79 Å². The summed E-state index contributed by atoms with van der Waals surface area (Å²) in [7, 11) is 0. The Morgan fingerprint density at radius 3 is 0.952 bits per heavy atom. The smallest absolute Gasteiger partial charge is 0.326 e. The van der Waals surface area contributed by atoms with Crippen LogP contribution in [0.4, 0.5) is 0 Å². The topological polar surface area (TPSA) is 540 Å². The molecule has 0 spiro atoms. The Bertz CT molecular complexity index is 2370. The predicted octanol–water partition coefficient (Wildman–Crippen LogP) is -3.69. The van der Waals surface area contributed by atoms with Gasteiger partial charge in [0.1, 0.15) is 53.8 Å². The highest BCUT2D eigenvalue weighted by Crippen LogP contribution is 2.16. The van der Waals surface area contributed by atoms with Gasteiger partial charge in [-0.05, 0) is 158 Å². The zero-order valence-corrected chi connectivity index (χ0v) is 47.4. The van der Waals surface area contributed by atoms with Crippen LogP contribution in [0.2, 0.25) is 0 Å². The predicted molar refractivity (Wildman–Crippen MR) is 314 cm³/mol. The number of nitrogens with one attached hydrogen (secondary N) is 7. The van der Waals surface area contributed by atoms with E-state index in [0.29, 0.717) is 75.6 Å². The molecule has 29 nitrogen and oxygen atoms in total. The molecule has 2 aromatic rings. The number of aliphatic carboxylic acids is 1. The van der Waals surface area contributed by atoms with Gasteiger partial charge in [-0.3, -0.25) is 43.5 Å². The summed E-state index contributed by atoms with van der Waals surface area (Å²) in [5.74, 6) is -7.51. The van der Waals surface area contributed by atoms with Gasteiger partial charge >= 0.3 is 5.97 Å². The van der Waals surface area contributed by atoms with Gasteiger partial charge in [0.2, 0.25) is 41.4 Å². The number of amides is 7. The molecule has 0 aromatic heterocycles. The van der Waals surface area contributed by atoms with Gasteiger partial charge < -0.3 is 104 Å². The van der Waals surface area contributed by atoms with Crippen LogP contribution < -0.4 is 88.8 Å². The summed E-state index contributed by atoms with van der Waals surface area (Å²) >= 11 is 0. The van der Waals surface area contributed by atoms with E-state index in [1.54, 1.807) is 0 Å². The minimum atomic E-state index is -1.48. The lowest BCUT2D eigenvalue weighted by Crippen LogP contribution is -2.60. The van der Waals surface area contributed by atoms with E-state index < -0.39 is 95.7 Å². The van der Waals surface area contributed by atoms with Crippen LogP contribution in [0.5, 0.6) is 11.5 Å². The van der Waals surface area contributed by atoms with Crippen molar-refractivity contribution in [2.75, 3.05) is 39.3 Å². The van der Waals surface area contributed by atoms with Gasteiger partial charge in [0, 0.05) is 25.9 Å². The van der Waals surface area contributed by atoms with Gasteiger partial charge in [-0.2, -0.15) is 0 Å². The second-order valence-electron chi connectivity index (χ2n) is 20.1. The molecule has 0 saturated carbocycles. The molecule has 29 heteroatoms. The van der Waals surface area contributed by atoms with E-state index >= 15 is 0 Å². The second-order valence-corrected chi connectivity index (χ2v) is 20.1. The quantitative estimate of drug-likeness (QED) is 0.0173. The number of carboxylic acid groups (broad SMARTS) is 1. The van der Waals surface area contributed by atoms with Crippen LogP contribution >= 0.6 is 0 Å². The lowest BCUT2D eigenvalue weighted by atomic mass is 10.0. The normalized spacial score (nSPS) is 13.9. The number of guanidine groups is 2. The summed E-state index contributed by atoms with van der Waals surface area (Å²) in [6.45, 7) is 1.32. The molecule has 0 fully saturated rings. The molecule has 28 N–H and O–H groups in total. The maximum absolute atomic E-state index is 14.8. The highest BCUT2D eigenvalue weighted by atomic mass is 16.4. The standard InChI is InChI=1S/C54H92N18O11/c55-25-5-1-11-37(59)45(75)66-40(15-9-29-64-53(60)61)46(76)67-41(16-10-30-65-54(62)63)49(79)72-44(32-34-19-23-36(74)24-20-34)51(81)69-39(13-3-7-27-57)48(78)71-43(31-33-17-21-35(73)22-18-33)50(80)68-38(12-2-6-26-56)47(77)70-42(52(82)83)14-4-8-28-58/h17-24,37-44,73-74H,1-16,25-32,55-59H2,(H,66,75)(H,67,76)(H,68,80)(H,69,81)(H,70,77)(H,71,78)(H,72,79)(H,82,83)(H4,60,61,64)(H4,62,63,65)/t37-,38-,39-,40-,41-,42-,43-,44-/m0/s1. The Labute approximate surface area is 484 Å². The number of nitrogens with two attached hydrogens (primary N) is 9. The number of phenols is 2. The van der Waals surface area contributed by atoms with E-state index in [1.807, 2.05) is 0 Å². The summed E-state index contributed by atoms with van der Waals surface area (Å²) in [6, 6.07) is 1.06. The zero-order valence-electron chi connectivity index (χ0n) is 47.4. The average molecular weight is 1170 g/mol. The number of carbonyl (C=O) groups is 8. The molecule has 0 aliphatic rings. The number of carbonyl (C=O) groups excluding carboxylic acids is 7. The highest BCUT2D eigenvalue weighted by molar-refractivity contribution is 5.98. The summed E-state index contributed by atoms with van der Waals surface area (Å²) in [4.78, 5) is 120. The number of rotatable bonds is 43. The van der Waals surface area contributed by atoms with Crippen LogP contribution in [0.25, 0.3) is 0 Å². The maximum atomic E-state index is 14.8. The van der Waals surface area contributed by atoms with E-state index in [2.05, 4.69) is 47.2 Å². The Kier molecular flexibility index (Phi) is 34.6. The first-order valence-electron chi connectivity index (χ1n) is 28.2. The first-order valence-corrected chi connectivity index (χ1v) is 28.2. The molecule has 7 amide bonds. The van der Waals surface area contributed by atoms with Crippen molar-refractivity contribution in [3.8, 4) is 11.5 Å². The summed E-state index contributed by atoms with van der Waals surface area (Å²) in [5, 5.41) is 48.8. The molecular weight excluding hydrogens is 1080 g/mol. The third-order valence-electron chi connectivity index (χ3n) is 13.2. The SMILES string of the molecule is NCCCC[C@H](NC(=O)[C@H](CCCCN)NC(=O)[C@H](Cc1ccc(O)cc1)NC(=O)[C@H](CCCCN)NC(=O)[C@H](Cc1ccc(O)cc1)NC(=O)[C@H](CCCN=C(N)N)NC(=O)[C@H](CCCN=C(N)N)NC(=O)[C@@H](N)CCCCN)C(=O)O. The van der Waals surface area contributed by atoms with Crippen molar-refractivity contribution in [1.82, 2.24) is 37.2 Å². The van der Waals surface area contributed by atoms with E-state index in [0.717, 1.165) is 0 Å². The number of carboxylic acids is 1. The fourth-order valence-electron chi connectivity index (χ4n) is 8.52. The summed E-state index contributed by atoms with van der Waals surface area (Å²) in [6.07, 6.45) is 3.88. The average Bonchev–Trinajstić information content (AvgIpc) is 3.48. The molecule has 0 unspecified atom stereocenters. The highest BCUT2D eigenvalue weighted by Gasteiger charge is 2.35. The number of hydrogen-bond donors (Lipinski definition) is 19. The Hall–Kier alpha value is -7.86. The minimum absolute atomic E-state index is 0.0110. The van der Waals surface area contributed by atoms with Crippen molar-refractivity contribution >= 4 is 59.2 Å². The number of hydrogen-bond acceptors (Lipinski definition) is 17. The fourth-order valence-corrected chi connectivity index (χ4v) is 8.52. The number of nitrogens with zero attached hydrogens (tertiary/aromatic N) is 2. The van der Waals surface area contributed by atoms with Crippen molar-refractivity contribution in [3.05, 3.63) is 59.7 Å². The van der Waals surface area contributed by atoms with Gasteiger partial charge in [-0.15, -0.1) is 0 Å². The molecule has 2 aromatic carbocycles. The number of unbranched alkanes of at least 4 members (excludes halogenated alkanes) is 4. The first kappa shape index (κ1) is 71.2. The molecule has 0 saturated heterocycles. The van der Waals surface area contributed by atoms with Crippen LogP contribution in [-0.2, 0) is 51.2 Å². The van der Waals surface area contributed by atoms with Crippen molar-refractivity contribution in [3.63, 3.8) is 0 Å². The monoisotopic (exact) mass is 1170 g/mol. The van der Waals surface area contributed by atoms with Crippen LogP contribution in [-0.4, -0.2) is 162 Å². The number of aliphatic imine (C=N–C) groups is 2. The van der Waals surface area contributed by atoms with Crippen LogP contribution in [0.3, 0.4) is 0 Å².